The van der Waals surface area contributed by atoms with Crippen LogP contribution < -0.4 is 5.32 Å². The third-order valence-corrected chi connectivity index (χ3v) is 6.17. The van der Waals surface area contributed by atoms with E-state index in [4.69, 9.17) is 23.1 Å². The maximum absolute atomic E-state index is 12.0. The van der Waals surface area contributed by atoms with Gasteiger partial charge in [-0.1, -0.05) is 25.7 Å². The van der Waals surface area contributed by atoms with E-state index in [2.05, 4.69) is 10.1 Å². The number of hydrogen-bond donors (Lipinski definition) is 1. The SMILES string of the molecule is COC(=O)CCCCCCCCO[C@@H]1O[C@@H]2COC(C)(C)O[C@H]2[C@H](OS(C)(=O)=O)[C@H]1NC(C)=O. The second-order valence-electron chi connectivity index (χ2n) is 9.15. The van der Waals surface area contributed by atoms with Crippen LogP contribution in [0.5, 0.6) is 0 Å². The average molecular weight is 510 g/mol. The monoisotopic (exact) mass is 509 g/mol. The van der Waals surface area contributed by atoms with Crippen LogP contribution in [-0.2, 0) is 47.6 Å². The highest BCUT2D eigenvalue weighted by atomic mass is 32.2. The first-order valence-electron chi connectivity index (χ1n) is 11.7. The van der Waals surface area contributed by atoms with Gasteiger partial charge in [-0.05, 0) is 26.7 Å². The van der Waals surface area contributed by atoms with E-state index in [-0.39, 0.29) is 18.5 Å². The van der Waals surface area contributed by atoms with Gasteiger partial charge in [0.25, 0.3) is 10.1 Å². The van der Waals surface area contributed by atoms with Gasteiger partial charge in [0.15, 0.2) is 12.1 Å². The molecule has 1 N–H and O–H groups in total. The van der Waals surface area contributed by atoms with Crippen LogP contribution in [0.1, 0.15) is 65.7 Å². The number of rotatable bonds is 13. The Bertz CT molecular complexity index is 772. The van der Waals surface area contributed by atoms with E-state index in [0.717, 1.165) is 44.8 Å². The minimum absolute atomic E-state index is 0.166. The molecule has 0 radical (unpaired) electrons. The summed E-state index contributed by atoms with van der Waals surface area (Å²) < 4.78 is 57.6. The molecule has 1 amide bonds. The van der Waals surface area contributed by atoms with Gasteiger partial charge in [-0.2, -0.15) is 8.42 Å². The fourth-order valence-electron chi connectivity index (χ4n) is 4.05. The highest BCUT2D eigenvalue weighted by molar-refractivity contribution is 7.86. The van der Waals surface area contributed by atoms with Crippen LogP contribution in [-0.4, -0.2) is 83.3 Å². The van der Waals surface area contributed by atoms with Gasteiger partial charge in [-0.3, -0.25) is 13.8 Å². The van der Waals surface area contributed by atoms with Crippen molar-refractivity contribution in [2.75, 3.05) is 26.6 Å². The van der Waals surface area contributed by atoms with Crippen LogP contribution in [0.2, 0.25) is 0 Å². The maximum atomic E-state index is 12.0. The molecule has 2 rings (SSSR count). The molecule has 0 aromatic carbocycles. The van der Waals surface area contributed by atoms with Crippen LogP contribution in [0, 0.1) is 0 Å². The molecule has 2 fully saturated rings. The zero-order valence-corrected chi connectivity index (χ0v) is 21.6. The summed E-state index contributed by atoms with van der Waals surface area (Å²) in [6, 6.07) is -0.888. The second-order valence-corrected chi connectivity index (χ2v) is 10.7. The Morgan fingerprint density at radius 1 is 1.09 bits per heavy atom. The third-order valence-electron chi connectivity index (χ3n) is 5.60. The number of hydrogen-bond acceptors (Lipinski definition) is 10. The van der Waals surface area contributed by atoms with Crippen LogP contribution in [0.15, 0.2) is 0 Å². The molecule has 0 unspecified atom stereocenters. The second kappa shape index (κ2) is 13.1. The van der Waals surface area contributed by atoms with Crippen molar-refractivity contribution in [3.63, 3.8) is 0 Å². The third kappa shape index (κ3) is 9.74. The number of methoxy groups -OCH3 is 1. The van der Waals surface area contributed by atoms with E-state index in [0.29, 0.717) is 13.0 Å². The smallest absolute Gasteiger partial charge is 0.305 e. The van der Waals surface area contributed by atoms with Gasteiger partial charge in [0, 0.05) is 20.0 Å². The van der Waals surface area contributed by atoms with Crippen LogP contribution in [0.3, 0.4) is 0 Å². The first-order valence-corrected chi connectivity index (χ1v) is 13.5. The first-order chi connectivity index (χ1) is 15.9. The van der Waals surface area contributed by atoms with Crippen molar-refractivity contribution in [2.45, 2.75) is 102 Å². The number of esters is 1. The van der Waals surface area contributed by atoms with Crippen molar-refractivity contribution in [1.29, 1.82) is 0 Å². The molecule has 0 saturated carbocycles. The lowest BCUT2D eigenvalue weighted by Gasteiger charge is -2.50. The number of fused-ring (bicyclic) bond motifs is 1. The standard InChI is InChI=1S/C22H39NO10S/c1-15(24)23-18-20(33-34(5,26)27)19-16(14-30-22(2,3)32-19)31-21(18)29-13-11-9-7-6-8-10-12-17(25)28-4/h16,18-21H,6-14H2,1-5H3,(H,23,24)/t16-,18-,19-,20-,21-/m1/s1. The van der Waals surface area contributed by atoms with Crippen LogP contribution in [0.4, 0.5) is 0 Å². The van der Waals surface area contributed by atoms with Crippen molar-refractivity contribution >= 4 is 22.0 Å². The van der Waals surface area contributed by atoms with Crippen molar-refractivity contribution < 1.29 is 45.9 Å². The van der Waals surface area contributed by atoms with Gasteiger partial charge >= 0.3 is 5.97 Å². The summed E-state index contributed by atoms with van der Waals surface area (Å²) in [4.78, 5) is 23.0. The largest absolute Gasteiger partial charge is 0.469 e. The summed E-state index contributed by atoms with van der Waals surface area (Å²) in [5.74, 6) is -1.53. The molecule has 0 aromatic heterocycles. The summed E-state index contributed by atoms with van der Waals surface area (Å²) in [7, 11) is -2.47. The van der Waals surface area contributed by atoms with Crippen LogP contribution in [0.25, 0.3) is 0 Å². The lowest BCUT2D eigenvalue weighted by atomic mass is 9.95. The van der Waals surface area contributed by atoms with Crippen molar-refractivity contribution in [3.8, 4) is 0 Å². The van der Waals surface area contributed by atoms with E-state index in [1.54, 1.807) is 13.8 Å². The molecule has 0 aromatic rings. The molecular formula is C22H39NO10S. The summed E-state index contributed by atoms with van der Waals surface area (Å²) in [6.45, 7) is 5.28. The van der Waals surface area contributed by atoms with Gasteiger partial charge in [-0.15, -0.1) is 0 Å². The van der Waals surface area contributed by atoms with Gasteiger partial charge < -0.3 is 29.0 Å². The van der Waals surface area contributed by atoms with Crippen molar-refractivity contribution in [2.24, 2.45) is 0 Å². The average Bonchev–Trinajstić information content (AvgIpc) is 2.73. The lowest BCUT2D eigenvalue weighted by Crippen LogP contribution is -2.69. The molecule has 0 bridgehead atoms. The Balaban J connectivity index is 1.93. The molecule has 2 aliphatic rings. The minimum Gasteiger partial charge on any atom is -0.469 e. The molecule has 12 heteroatoms. The first kappa shape index (κ1) is 28.9. The van der Waals surface area contributed by atoms with Gasteiger partial charge in [0.2, 0.25) is 5.91 Å². The number of amides is 1. The number of carbonyl (C=O) groups excluding carboxylic acids is 2. The summed E-state index contributed by atoms with van der Waals surface area (Å²) >= 11 is 0. The number of unbranched alkanes of at least 4 members (excludes halogenated alkanes) is 5. The van der Waals surface area contributed by atoms with Crippen LogP contribution >= 0.6 is 0 Å². The molecule has 198 valence electrons. The number of carbonyl (C=O) groups is 2. The Labute approximate surface area is 202 Å². The van der Waals surface area contributed by atoms with Gasteiger partial charge in [-0.25, -0.2) is 0 Å². The van der Waals surface area contributed by atoms with E-state index < -0.39 is 46.5 Å². The zero-order valence-electron chi connectivity index (χ0n) is 20.7. The topological polar surface area (TPSA) is 136 Å². The quantitative estimate of drug-likeness (QED) is 0.222. The molecular weight excluding hydrogens is 470 g/mol. The fourth-order valence-corrected chi connectivity index (χ4v) is 4.68. The van der Waals surface area contributed by atoms with Gasteiger partial charge in [0.05, 0.1) is 20.0 Å². The normalized spacial score (nSPS) is 28.7. The van der Waals surface area contributed by atoms with Crippen molar-refractivity contribution in [1.82, 2.24) is 5.32 Å². The van der Waals surface area contributed by atoms with Gasteiger partial charge in [0.1, 0.15) is 24.4 Å². The minimum atomic E-state index is -3.86. The predicted octanol–water partition coefficient (Wildman–Crippen LogP) is 1.63. The predicted molar refractivity (Wildman–Crippen MR) is 121 cm³/mol. The summed E-state index contributed by atoms with van der Waals surface area (Å²) in [5, 5.41) is 2.72. The molecule has 11 nitrogen and oxygen atoms in total. The molecule has 5 atom stereocenters. The molecule has 34 heavy (non-hydrogen) atoms. The highest BCUT2D eigenvalue weighted by Gasteiger charge is 2.53. The van der Waals surface area contributed by atoms with Crippen molar-refractivity contribution in [3.05, 3.63) is 0 Å². The summed E-state index contributed by atoms with van der Waals surface area (Å²) in [5.41, 5.74) is 0. The van der Waals surface area contributed by atoms with E-state index >= 15 is 0 Å². The Morgan fingerprint density at radius 3 is 2.35 bits per heavy atom. The summed E-state index contributed by atoms with van der Waals surface area (Å²) in [6.07, 6.45) is 3.46. The number of nitrogens with one attached hydrogen (secondary N) is 1. The molecule has 0 aliphatic carbocycles. The lowest BCUT2D eigenvalue weighted by molar-refractivity contribution is -0.366. The van der Waals surface area contributed by atoms with E-state index in [1.165, 1.54) is 14.0 Å². The maximum Gasteiger partial charge on any atom is 0.305 e. The fraction of sp³-hybridized carbons (Fsp3) is 0.909. The molecule has 2 heterocycles. The Kier molecular flexibility index (Phi) is 11.2. The highest BCUT2D eigenvalue weighted by Crippen LogP contribution is 2.35. The zero-order chi connectivity index (χ0) is 25.4. The number of ether oxygens (including phenoxy) is 5. The molecule has 2 aliphatic heterocycles. The Morgan fingerprint density at radius 2 is 1.74 bits per heavy atom. The molecule has 2 saturated heterocycles. The molecule has 0 spiro atoms. The Hall–Kier alpha value is -1.31. The van der Waals surface area contributed by atoms with E-state index in [1.807, 2.05) is 0 Å². The van der Waals surface area contributed by atoms with E-state index in [9.17, 15) is 18.0 Å².